The Hall–Kier alpha value is -1.96. The van der Waals surface area contributed by atoms with Crippen LogP contribution in [0.4, 0.5) is 11.4 Å². The van der Waals surface area contributed by atoms with Gasteiger partial charge in [0.25, 0.3) is 0 Å². The van der Waals surface area contributed by atoms with Gasteiger partial charge in [0.2, 0.25) is 0 Å². The summed E-state index contributed by atoms with van der Waals surface area (Å²) in [7, 11) is 10.1. The molecule has 0 unspecified atom stereocenters. The topological polar surface area (TPSA) is 6.48 Å². The summed E-state index contributed by atoms with van der Waals surface area (Å²) in [6.45, 7) is 0. The fourth-order valence-corrected chi connectivity index (χ4v) is 3.27. The zero-order valence-electron chi connectivity index (χ0n) is 12.3. The molecule has 0 aromatic heterocycles. The quantitative estimate of drug-likeness (QED) is 0.662. The number of fused-ring (bicyclic) bond motifs is 2. The van der Waals surface area contributed by atoms with E-state index in [4.69, 9.17) is 0 Å². The van der Waals surface area contributed by atoms with Gasteiger partial charge in [0.1, 0.15) is 0 Å². The molecule has 1 aliphatic rings. The van der Waals surface area contributed by atoms with Crippen LogP contribution in [-0.2, 0) is 0 Å². The largest absolute Gasteiger partial charge is 0.378 e. The van der Waals surface area contributed by atoms with Gasteiger partial charge in [0.15, 0.2) is 0 Å². The van der Waals surface area contributed by atoms with Crippen LogP contribution in [0.5, 0.6) is 0 Å². The van der Waals surface area contributed by atoms with E-state index in [2.05, 4.69) is 80.1 Å². The van der Waals surface area contributed by atoms with Gasteiger partial charge in [-0.15, -0.1) is 16.7 Å². The number of benzene rings is 2. The molecule has 0 bridgehead atoms. The van der Waals surface area contributed by atoms with Crippen molar-refractivity contribution < 1.29 is 0 Å². The molecule has 20 heavy (non-hydrogen) atoms. The second-order valence-electron chi connectivity index (χ2n) is 5.38. The highest BCUT2D eigenvalue weighted by molar-refractivity contribution is 7.83. The zero-order chi connectivity index (χ0) is 14.3. The van der Waals surface area contributed by atoms with E-state index >= 15 is 0 Å². The molecule has 3 rings (SSSR count). The highest BCUT2D eigenvalue weighted by atomic mass is 32.1. The second-order valence-corrected chi connectivity index (χ2v) is 6.46. The summed E-state index contributed by atoms with van der Waals surface area (Å²) < 4.78 is 2.55. The van der Waals surface area contributed by atoms with E-state index in [0.717, 1.165) is 0 Å². The first-order valence-electron chi connectivity index (χ1n) is 6.62. The molecule has 102 valence electrons. The highest BCUT2D eigenvalue weighted by Gasteiger charge is 1.99. The second kappa shape index (κ2) is 4.86. The molecule has 1 heterocycles. The fraction of sp³-hybridized carbons (Fsp3) is 0.235. The van der Waals surface area contributed by atoms with Crippen LogP contribution in [0.2, 0.25) is 0 Å². The van der Waals surface area contributed by atoms with E-state index in [1.54, 1.807) is 0 Å². The van der Waals surface area contributed by atoms with Crippen LogP contribution >= 0.6 is 10.9 Å². The lowest BCUT2D eigenvalue weighted by Crippen LogP contribution is -2.14. The average Bonchev–Trinajstić information content (AvgIpc) is 2.43. The first-order valence-corrected chi connectivity index (χ1v) is 7.44. The van der Waals surface area contributed by atoms with Crippen molar-refractivity contribution in [1.29, 1.82) is 0 Å². The third-order valence-electron chi connectivity index (χ3n) is 3.45. The van der Waals surface area contributed by atoms with Gasteiger partial charge in [-0.25, -0.2) is 0 Å². The van der Waals surface area contributed by atoms with Gasteiger partial charge < -0.3 is 9.80 Å². The lowest BCUT2D eigenvalue weighted by atomic mass is 10.2. The minimum Gasteiger partial charge on any atom is -0.378 e. The molecule has 2 aromatic carbocycles. The average molecular weight is 282 g/mol. The van der Waals surface area contributed by atoms with Crippen molar-refractivity contribution in [3.63, 3.8) is 0 Å². The molecule has 1 aliphatic heterocycles. The number of hydrogen-bond donors (Lipinski definition) is 0. The van der Waals surface area contributed by atoms with Crippen molar-refractivity contribution in [2.24, 2.45) is 0 Å². The first kappa shape index (κ1) is 13.0. The Balaban J connectivity index is 2.39. The molecular formula is C17H18N2S. The molecule has 0 radical (unpaired) electrons. The van der Waals surface area contributed by atoms with Gasteiger partial charge in [-0.05, 0) is 36.4 Å². The summed E-state index contributed by atoms with van der Waals surface area (Å²) in [5, 5.41) is 2.37. The van der Waals surface area contributed by atoms with E-state index in [0.29, 0.717) is 0 Å². The van der Waals surface area contributed by atoms with Crippen LogP contribution in [0, 0.1) is 9.02 Å². The van der Waals surface area contributed by atoms with Crippen LogP contribution in [0.15, 0.2) is 36.4 Å². The van der Waals surface area contributed by atoms with Crippen LogP contribution in [0.25, 0.3) is 5.73 Å². The molecule has 0 aliphatic carbocycles. The van der Waals surface area contributed by atoms with E-state index in [1.165, 1.54) is 30.8 Å². The van der Waals surface area contributed by atoms with Gasteiger partial charge >= 0.3 is 0 Å². The van der Waals surface area contributed by atoms with Crippen LogP contribution in [-0.4, -0.2) is 28.2 Å². The van der Waals surface area contributed by atoms with Crippen molar-refractivity contribution in [3.05, 3.63) is 55.9 Å². The maximum Gasteiger partial charge on any atom is 0.0447 e. The molecular weight excluding hydrogens is 264 g/mol. The lowest BCUT2D eigenvalue weighted by Gasteiger charge is -2.12. The molecule has 2 nitrogen and oxygen atoms in total. The van der Waals surface area contributed by atoms with Gasteiger partial charge in [-0.3, -0.25) is 0 Å². The van der Waals surface area contributed by atoms with Crippen molar-refractivity contribution in [3.8, 4) is 0 Å². The summed E-state index contributed by atoms with van der Waals surface area (Å²) in [5.41, 5.74) is 5.97. The minimum atomic E-state index is 1.19. The van der Waals surface area contributed by atoms with Crippen LogP contribution in [0.3, 0.4) is 0 Å². The Bertz CT molecular complexity index is 860. The van der Waals surface area contributed by atoms with Crippen molar-refractivity contribution in [2.75, 3.05) is 38.0 Å². The molecule has 0 amide bonds. The van der Waals surface area contributed by atoms with Crippen molar-refractivity contribution in [2.45, 2.75) is 0 Å². The molecule has 0 atom stereocenters. The van der Waals surface area contributed by atoms with E-state index in [-0.39, 0.29) is 0 Å². The Labute approximate surface area is 122 Å². The fourth-order valence-electron chi connectivity index (χ4n) is 2.22. The van der Waals surface area contributed by atoms with Gasteiger partial charge in [0, 0.05) is 59.0 Å². The van der Waals surface area contributed by atoms with E-state index in [1.807, 2.05) is 10.9 Å². The summed E-state index contributed by atoms with van der Waals surface area (Å²) in [6, 6.07) is 13.1. The van der Waals surface area contributed by atoms with E-state index in [9.17, 15) is 0 Å². The molecule has 0 fully saturated rings. The summed E-state index contributed by atoms with van der Waals surface area (Å²) in [4.78, 5) is 4.26. The minimum absolute atomic E-state index is 1.19. The maximum atomic E-state index is 3.51. The number of nitrogens with zero attached hydrogens (tertiary/aromatic N) is 2. The molecule has 0 saturated carbocycles. The van der Waals surface area contributed by atoms with Crippen LogP contribution in [0.1, 0.15) is 0 Å². The van der Waals surface area contributed by atoms with Gasteiger partial charge in [-0.1, -0.05) is 0 Å². The third kappa shape index (κ3) is 2.26. The van der Waals surface area contributed by atoms with Gasteiger partial charge in [-0.2, -0.15) is 0 Å². The predicted molar refractivity (Wildman–Crippen MR) is 88.6 cm³/mol. The summed E-state index contributed by atoms with van der Waals surface area (Å²) in [6.07, 6.45) is 0. The summed E-state index contributed by atoms with van der Waals surface area (Å²) in [5.74, 6) is 0. The Kier molecular flexibility index (Phi) is 3.17. The third-order valence-corrected chi connectivity index (χ3v) is 4.57. The predicted octanol–water partition coefficient (Wildman–Crippen LogP) is 1.82. The standard InChI is InChI=1S/C17H18N2S/c1-18(2)14-7-5-12-9-13-6-8-15(19(3)4)11-17(13)20-16(12)10-14/h5-8,10-11H,1-4H3. The normalized spacial score (nSPS) is 11.4. The Morgan fingerprint density at radius 2 is 1.20 bits per heavy atom. The molecule has 0 N–H and O–H groups in total. The molecule has 3 heteroatoms. The monoisotopic (exact) mass is 282 g/mol. The van der Waals surface area contributed by atoms with Gasteiger partial charge in [0.05, 0.1) is 0 Å². The summed E-state index contributed by atoms with van der Waals surface area (Å²) >= 11 is 0. The highest BCUT2D eigenvalue weighted by Crippen LogP contribution is 2.11. The lowest BCUT2D eigenvalue weighted by molar-refractivity contribution is 1.13. The van der Waals surface area contributed by atoms with Crippen LogP contribution < -0.4 is 20.2 Å². The number of anilines is 2. The number of rotatable bonds is 2. The molecule has 0 saturated heterocycles. The van der Waals surface area contributed by atoms with E-state index < -0.39 is 0 Å². The smallest absolute Gasteiger partial charge is 0.0447 e. The Morgan fingerprint density at radius 1 is 0.750 bits per heavy atom. The molecule has 2 aromatic rings. The molecule has 0 spiro atoms. The SMILES string of the molecule is CN(C)c1ccc2c(c1)=S=c1cc(N(C)C)ccc1=C=2. The van der Waals surface area contributed by atoms with Crippen molar-refractivity contribution >= 4 is 28.0 Å². The van der Waals surface area contributed by atoms with Crippen molar-refractivity contribution in [1.82, 2.24) is 0 Å². The first-order chi connectivity index (χ1) is 9.54. The zero-order valence-corrected chi connectivity index (χ0v) is 13.1. The number of hydrogen-bond acceptors (Lipinski definition) is 2. The Morgan fingerprint density at radius 3 is 1.60 bits per heavy atom. The maximum absolute atomic E-state index is 3.51.